The van der Waals surface area contributed by atoms with Crippen LogP contribution in [0.1, 0.15) is 18.1 Å². The summed E-state index contributed by atoms with van der Waals surface area (Å²) in [7, 11) is 0. The van der Waals surface area contributed by atoms with Crippen LogP contribution in [-0.2, 0) is 6.42 Å². The minimum Gasteiger partial charge on any atom is -0.490 e. The Balaban J connectivity index is 2.01. The van der Waals surface area contributed by atoms with Gasteiger partial charge in [-0.2, -0.15) is 0 Å². The predicted molar refractivity (Wildman–Crippen MR) is 82.6 cm³/mol. The highest BCUT2D eigenvalue weighted by Crippen LogP contribution is 2.28. The van der Waals surface area contributed by atoms with E-state index in [1.807, 2.05) is 37.3 Å². The fourth-order valence-electron chi connectivity index (χ4n) is 1.98. The summed E-state index contributed by atoms with van der Waals surface area (Å²) in [4.78, 5) is 0. The molecular weight excluding hydrogens is 266 g/mol. The fourth-order valence-corrected chi connectivity index (χ4v) is 1.98. The first-order chi connectivity index (χ1) is 10.3. The van der Waals surface area contributed by atoms with E-state index in [0.29, 0.717) is 24.7 Å². The van der Waals surface area contributed by atoms with Gasteiger partial charge in [-0.3, -0.25) is 0 Å². The molecule has 4 nitrogen and oxygen atoms in total. The molecule has 21 heavy (non-hydrogen) atoms. The number of oxime groups is 1. The third kappa shape index (κ3) is 4.53. The molecule has 0 saturated heterocycles. The SMILES string of the molecule is CCOc1cc(/C=N/O)ccc1OCCc1ccccc1. The second kappa shape index (κ2) is 7.94. The van der Waals surface area contributed by atoms with Crippen molar-refractivity contribution in [3.05, 3.63) is 59.7 Å². The van der Waals surface area contributed by atoms with E-state index in [1.54, 1.807) is 6.07 Å². The van der Waals surface area contributed by atoms with Gasteiger partial charge in [-0.1, -0.05) is 35.5 Å². The van der Waals surface area contributed by atoms with Crippen LogP contribution < -0.4 is 9.47 Å². The Kier molecular flexibility index (Phi) is 5.64. The summed E-state index contributed by atoms with van der Waals surface area (Å²) in [5.74, 6) is 1.35. The number of rotatable bonds is 7. The van der Waals surface area contributed by atoms with Gasteiger partial charge in [-0.05, 0) is 30.7 Å². The van der Waals surface area contributed by atoms with Gasteiger partial charge in [-0.15, -0.1) is 0 Å². The summed E-state index contributed by atoms with van der Waals surface area (Å²) in [6.45, 7) is 3.05. The minimum absolute atomic E-state index is 0.550. The van der Waals surface area contributed by atoms with Gasteiger partial charge < -0.3 is 14.7 Å². The maximum atomic E-state index is 8.57. The lowest BCUT2D eigenvalue weighted by molar-refractivity contribution is 0.279. The Morgan fingerprint density at radius 3 is 2.57 bits per heavy atom. The average molecular weight is 285 g/mol. The van der Waals surface area contributed by atoms with Crippen LogP contribution in [0, 0.1) is 0 Å². The number of hydrogen-bond acceptors (Lipinski definition) is 4. The first-order valence-corrected chi connectivity index (χ1v) is 6.94. The molecule has 0 fully saturated rings. The van der Waals surface area contributed by atoms with Gasteiger partial charge in [0.05, 0.1) is 19.4 Å². The van der Waals surface area contributed by atoms with Crippen LogP contribution in [0.25, 0.3) is 0 Å². The van der Waals surface area contributed by atoms with Crippen molar-refractivity contribution in [3.63, 3.8) is 0 Å². The van der Waals surface area contributed by atoms with Crippen molar-refractivity contribution >= 4 is 6.21 Å². The summed E-state index contributed by atoms with van der Waals surface area (Å²) in [5.41, 5.74) is 2.00. The third-order valence-corrected chi connectivity index (χ3v) is 2.97. The first-order valence-electron chi connectivity index (χ1n) is 6.94. The molecule has 0 aromatic heterocycles. The molecule has 0 aliphatic carbocycles. The lowest BCUT2D eigenvalue weighted by Gasteiger charge is -2.12. The van der Waals surface area contributed by atoms with E-state index < -0.39 is 0 Å². The Morgan fingerprint density at radius 2 is 1.86 bits per heavy atom. The van der Waals surface area contributed by atoms with E-state index in [9.17, 15) is 0 Å². The molecule has 0 amide bonds. The van der Waals surface area contributed by atoms with Crippen LogP contribution in [0.15, 0.2) is 53.7 Å². The van der Waals surface area contributed by atoms with Crippen LogP contribution in [0.3, 0.4) is 0 Å². The topological polar surface area (TPSA) is 51.0 Å². The first kappa shape index (κ1) is 14.9. The maximum Gasteiger partial charge on any atom is 0.161 e. The van der Waals surface area contributed by atoms with Gasteiger partial charge in [0.25, 0.3) is 0 Å². The molecule has 0 saturated carbocycles. The zero-order chi connectivity index (χ0) is 14.9. The molecular formula is C17H19NO3. The van der Waals surface area contributed by atoms with Crippen LogP contribution >= 0.6 is 0 Å². The summed E-state index contributed by atoms with van der Waals surface area (Å²) in [5, 5.41) is 11.6. The van der Waals surface area contributed by atoms with Crippen LogP contribution in [0.2, 0.25) is 0 Å². The van der Waals surface area contributed by atoms with Crippen LogP contribution in [0.4, 0.5) is 0 Å². The van der Waals surface area contributed by atoms with Gasteiger partial charge in [-0.25, -0.2) is 0 Å². The highest BCUT2D eigenvalue weighted by molar-refractivity contribution is 5.80. The lowest BCUT2D eigenvalue weighted by atomic mass is 10.2. The quantitative estimate of drug-likeness (QED) is 0.481. The van der Waals surface area contributed by atoms with Crippen molar-refractivity contribution < 1.29 is 14.7 Å². The molecule has 0 bridgehead atoms. The third-order valence-electron chi connectivity index (χ3n) is 2.97. The van der Waals surface area contributed by atoms with E-state index in [0.717, 1.165) is 12.0 Å². The second-order valence-electron chi connectivity index (χ2n) is 4.47. The number of ether oxygens (including phenoxy) is 2. The maximum absolute atomic E-state index is 8.57. The van der Waals surface area contributed by atoms with Gasteiger partial charge in [0.1, 0.15) is 0 Å². The predicted octanol–water partition coefficient (Wildman–Crippen LogP) is 3.51. The monoisotopic (exact) mass is 285 g/mol. The van der Waals surface area contributed by atoms with Crippen molar-refractivity contribution in [2.45, 2.75) is 13.3 Å². The summed E-state index contributed by atoms with van der Waals surface area (Å²) >= 11 is 0. The number of hydrogen-bond donors (Lipinski definition) is 1. The van der Waals surface area contributed by atoms with Crippen LogP contribution in [-0.4, -0.2) is 24.6 Å². The molecule has 2 aromatic rings. The average Bonchev–Trinajstić information content (AvgIpc) is 2.51. The normalized spacial score (nSPS) is 10.7. The van der Waals surface area contributed by atoms with E-state index in [-0.39, 0.29) is 0 Å². The van der Waals surface area contributed by atoms with Crippen LogP contribution in [0.5, 0.6) is 11.5 Å². The molecule has 0 aliphatic heterocycles. The Bertz CT molecular complexity index is 582. The Morgan fingerprint density at radius 1 is 1.05 bits per heavy atom. The van der Waals surface area contributed by atoms with E-state index >= 15 is 0 Å². The molecule has 110 valence electrons. The smallest absolute Gasteiger partial charge is 0.161 e. The number of nitrogens with zero attached hydrogens (tertiary/aromatic N) is 1. The standard InChI is InChI=1S/C17H19NO3/c1-2-20-17-12-15(13-18-19)8-9-16(17)21-11-10-14-6-4-3-5-7-14/h3-9,12-13,19H,2,10-11H2,1H3/b18-13+. The largest absolute Gasteiger partial charge is 0.490 e. The van der Waals surface area contributed by atoms with E-state index in [2.05, 4.69) is 17.3 Å². The second-order valence-corrected chi connectivity index (χ2v) is 4.47. The summed E-state index contributed by atoms with van der Waals surface area (Å²) in [6, 6.07) is 15.6. The molecule has 0 unspecified atom stereocenters. The molecule has 0 radical (unpaired) electrons. The van der Waals surface area contributed by atoms with Gasteiger partial charge >= 0.3 is 0 Å². The highest BCUT2D eigenvalue weighted by Gasteiger charge is 2.06. The molecule has 2 rings (SSSR count). The zero-order valence-corrected chi connectivity index (χ0v) is 12.0. The van der Waals surface area contributed by atoms with Gasteiger partial charge in [0.2, 0.25) is 0 Å². The Hall–Kier alpha value is -2.49. The Labute approximate surface area is 124 Å². The van der Waals surface area contributed by atoms with Crippen molar-refractivity contribution in [3.8, 4) is 11.5 Å². The van der Waals surface area contributed by atoms with E-state index in [1.165, 1.54) is 11.8 Å². The molecule has 0 spiro atoms. The van der Waals surface area contributed by atoms with Gasteiger partial charge in [0, 0.05) is 12.0 Å². The van der Waals surface area contributed by atoms with E-state index in [4.69, 9.17) is 14.7 Å². The minimum atomic E-state index is 0.550. The zero-order valence-electron chi connectivity index (χ0n) is 12.0. The molecule has 0 atom stereocenters. The highest BCUT2D eigenvalue weighted by atomic mass is 16.5. The molecule has 0 aliphatic rings. The van der Waals surface area contributed by atoms with Crippen molar-refractivity contribution in [2.24, 2.45) is 5.16 Å². The lowest BCUT2D eigenvalue weighted by Crippen LogP contribution is -2.04. The molecule has 4 heteroatoms. The van der Waals surface area contributed by atoms with Crippen molar-refractivity contribution in [1.82, 2.24) is 0 Å². The van der Waals surface area contributed by atoms with Crippen molar-refractivity contribution in [2.75, 3.05) is 13.2 Å². The van der Waals surface area contributed by atoms with Crippen molar-refractivity contribution in [1.29, 1.82) is 0 Å². The van der Waals surface area contributed by atoms with Gasteiger partial charge in [0.15, 0.2) is 11.5 Å². The molecule has 1 N–H and O–H groups in total. The summed E-state index contributed by atoms with van der Waals surface area (Å²) in [6.07, 6.45) is 2.20. The fraction of sp³-hybridized carbons (Fsp3) is 0.235. The molecule has 0 heterocycles. The molecule has 2 aromatic carbocycles. The number of benzene rings is 2. The summed E-state index contributed by atoms with van der Waals surface area (Å²) < 4.78 is 11.4.